The summed E-state index contributed by atoms with van der Waals surface area (Å²) in [5.41, 5.74) is -0.145. The molecule has 15 heteroatoms. The summed E-state index contributed by atoms with van der Waals surface area (Å²) in [7, 11) is 0. The monoisotopic (exact) mass is 595 g/mol. The first-order valence-electron chi connectivity index (χ1n) is 13.1. The summed E-state index contributed by atoms with van der Waals surface area (Å²) in [5.74, 6) is -2.08. The number of halogens is 6. The predicted octanol–water partition coefficient (Wildman–Crippen LogP) is 4.75. The lowest BCUT2D eigenvalue weighted by Crippen LogP contribution is -2.54. The minimum atomic E-state index is -5.79. The number of aliphatic carboxylic acids is 1. The molecule has 3 saturated heterocycles. The molecule has 1 unspecified atom stereocenters. The van der Waals surface area contributed by atoms with Crippen LogP contribution in [-0.4, -0.2) is 94.8 Å². The molecule has 1 atom stereocenters. The van der Waals surface area contributed by atoms with Gasteiger partial charge < -0.3 is 24.7 Å². The van der Waals surface area contributed by atoms with Gasteiger partial charge in [-0.2, -0.15) is 26.3 Å². The molecule has 3 heterocycles. The number of alkyl halides is 6. The lowest BCUT2D eigenvalue weighted by molar-refractivity contribution is -0.308. The largest absolute Gasteiger partial charge is 0.481 e. The van der Waals surface area contributed by atoms with E-state index < -0.39 is 47.4 Å². The fourth-order valence-corrected chi connectivity index (χ4v) is 6.06. The van der Waals surface area contributed by atoms with Crippen molar-refractivity contribution in [2.24, 2.45) is 5.41 Å². The Bertz CT molecular complexity index is 1170. The number of carbonyl (C=O) groups is 3. The average Bonchev–Trinajstić information content (AvgIpc) is 3.45. The van der Waals surface area contributed by atoms with Crippen LogP contribution in [0.3, 0.4) is 0 Å². The Balaban J connectivity index is 1.46. The van der Waals surface area contributed by atoms with Gasteiger partial charge in [-0.1, -0.05) is 0 Å². The van der Waals surface area contributed by atoms with Gasteiger partial charge in [0.2, 0.25) is 0 Å². The molecule has 1 spiro atoms. The summed E-state index contributed by atoms with van der Waals surface area (Å²) >= 11 is 0. The third kappa shape index (κ3) is 6.49. The molecule has 0 saturated carbocycles. The highest BCUT2D eigenvalue weighted by atomic mass is 19.4. The molecule has 0 aliphatic carbocycles. The smallest absolute Gasteiger partial charge is 0.434 e. The molecule has 3 aliphatic rings. The quantitative estimate of drug-likeness (QED) is 0.454. The first-order valence-corrected chi connectivity index (χ1v) is 13.1. The molecule has 9 nitrogen and oxygen atoms in total. The van der Waals surface area contributed by atoms with Crippen molar-refractivity contribution >= 4 is 23.7 Å². The Labute approximate surface area is 231 Å². The van der Waals surface area contributed by atoms with Gasteiger partial charge in [-0.3, -0.25) is 9.69 Å². The maximum atomic E-state index is 12.8. The van der Waals surface area contributed by atoms with E-state index in [-0.39, 0.29) is 25.2 Å². The number of benzene rings is 1. The summed E-state index contributed by atoms with van der Waals surface area (Å²) in [5, 5.41) is 19.3. The van der Waals surface area contributed by atoms with E-state index in [0.717, 1.165) is 11.3 Å². The lowest BCUT2D eigenvalue weighted by Gasteiger charge is -2.45. The number of carbonyl (C=O) groups excluding carboxylic acids is 1. The molecule has 1 aromatic carbocycles. The maximum Gasteiger partial charge on any atom is 0.434 e. The van der Waals surface area contributed by atoms with Gasteiger partial charge in [0, 0.05) is 44.0 Å². The Kier molecular flexibility index (Phi) is 8.15. The van der Waals surface area contributed by atoms with Crippen molar-refractivity contribution in [1.29, 1.82) is 0 Å². The fourth-order valence-electron chi connectivity index (χ4n) is 6.06. The number of nitrogens with zero attached hydrogens (tertiary/aromatic N) is 3. The second-order valence-electron chi connectivity index (χ2n) is 11.3. The molecule has 3 aliphatic heterocycles. The van der Waals surface area contributed by atoms with Crippen molar-refractivity contribution in [1.82, 2.24) is 9.80 Å². The number of amides is 1. The number of rotatable bonds is 6. The Hall–Kier alpha value is -3.23. The van der Waals surface area contributed by atoms with Gasteiger partial charge in [0.1, 0.15) is 0 Å². The Morgan fingerprint density at radius 1 is 0.927 bits per heavy atom. The topological polar surface area (TPSA) is 111 Å². The highest BCUT2D eigenvalue weighted by Crippen LogP contribution is 2.41. The molecule has 228 valence electrons. The minimum absolute atomic E-state index is 0.0381. The Morgan fingerprint density at radius 2 is 1.56 bits per heavy atom. The van der Waals surface area contributed by atoms with Crippen molar-refractivity contribution < 1.29 is 55.7 Å². The number of ether oxygens (including phenoxy) is 1. The number of aromatic carboxylic acids is 1. The van der Waals surface area contributed by atoms with Crippen LogP contribution in [0.1, 0.15) is 54.9 Å². The molecular weight excluding hydrogens is 564 g/mol. The average molecular weight is 596 g/mol. The molecule has 1 aromatic rings. The second kappa shape index (κ2) is 10.9. The minimum Gasteiger partial charge on any atom is -0.481 e. The fraction of sp³-hybridized carbons (Fsp3) is 0.654. The normalized spacial score (nSPS) is 23.4. The number of anilines is 1. The number of carboxylic acids is 2. The first-order chi connectivity index (χ1) is 18.9. The third-order valence-electron chi connectivity index (χ3n) is 8.46. The van der Waals surface area contributed by atoms with Crippen LogP contribution in [0.4, 0.5) is 36.8 Å². The van der Waals surface area contributed by atoms with Crippen molar-refractivity contribution in [3.8, 4) is 0 Å². The summed E-state index contributed by atoms with van der Waals surface area (Å²) < 4.78 is 80.8. The number of likely N-dealkylation sites (tertiary alicyclic amines) is 2. The maximum absolute atomic E-state index is 12.8. The van der Waals surface area contributed by atoms with E-state index in [4.69, 9.17) is 0 Å². The van der Waals surface area contributed by atoms with Crippen LogP contribution in [0.2, 0.25) is 0 Å². The van der Waals surface area contributed by atoms with Crippen LogP contribution in [0.15, 0.2) is 18.2 Å². The van der Waals surface area contributed by atoms with Crippen molar-refractivity contribution in [3.05, 3.63) is 29.3 Å². The van der Waals surface area contributed by atoms with E-state index in [1.807, 2.05) is 11.0 Å². The number of hydrogen-bond donors (Lipinski definition) is 2. The molecule has 3 fully saturated rings. The first kappa shape index (κ1) is 30.7. The van der Waals surface area contributed by atoms with Gasteiger partial charge >= 0.3 is 30.4 Å². The number of hydrogen-bond acceptors (Lipinski definition) is 6. The Morgan fingerprint density at radius 3 is 2.10 bits per heavy atom. The van der Waals surface area contributed by atoms with Gasteiger partial charge in [0.15, 0.2) is 0 Å². The number of carboxylic acid groups (broad SMARTS) is 2. The molecule has 41 heavy (non-hydrogen) atoms. The van der Waals surface area contributed by atoms with Crippen molar-refractivity contribution in [2.75, 3.05) is 37.6 Å². The lowest BCUT2D eigenvalue weighted by atomic mass is 9.84. The van der Waals surface area contributed by atoms with E-state index in [0.29, 0.717) is 56.6 Å². The SMILES string of the molecule is CC1(C(=O)O)CCN(c2cc(CN3CCCC34CCN(C(=O)OC(C(F)(F)F)C(F)(F)F)CC4)cc(C(=O)O)c2)C1. The molecule has 1 amide bonds. The molecule has 0 bridgehead atoms. The summed E-state index contributed by atoms with van der Waals surface area (Å²) in [6.07, 6.45) is -15.0. The van der Waals surface area contributed by atoms with Gasteiger partial charge in [0.05, 0.1) is 11.0 Å². The molecule has 0 aromatic heterocycles. The third-order valence-corrected chi connectivity index (χ3v) is 8.46. The molecule has 4 rings (SSSR count). The van der Waals surface area contributed by atoms with Crippen LogP contribution >= 0.6 is 0 Å². The van der Waals surface area contributed by atoms with Gasteiger partial charge in [-0.05, 0) is 69.3 Å². The van der Waals surface area contributed by atoms with Crippen LogP contribution in [0.5, 0.6) is 0 Å². The van der Waals surface area contributed by atoms with Crippen LogP contribution in [-0.2, 0) is 16.1 Å². The van der Waals surface area contributed by atoms with Crippen molar-refractivity contribution in [2.45, 2.75) is 69.6 Å². The van der Waals surface area contributed by atoms with E-state index in [2.05, 4.69) is 9.64 Å². The zero-order valence-corrected chi connectivity index (χ0v) is 22.2. The molecule has 2 N–H and O–H groups in total. The van der Waals surface area contributed by atoms with E-state index in [9.17, 15) is 50.9 Å². The van der Waals surface area contributed by atoms with Crippen molar-refractivity contribution in [3.63, 3.8) is 0 Å². The summed E-state index contributed by atoms with van der Waals surface area (Å²) in [4.78, 5) is 40.6. The van der Waals surface area contributed by atoms with Crippen LogP contribution in [0, 0.1) is 5.41 Å². The van der Waals surface area contributed by atoms with Gasteiger partial charge in [-0.15, -0.1) is 0 Å². The van der Waals surface area contributed by atoms with Gasteiger partial charge in [-0.25, -0.2) is 9.59 Å². The van der Waals surface area contributed by atoms with E-state index in [1.54, 1.807) is 6.92 Å². The zero-order chi connectivity index (χ0) is 30.4. The molecule has 0 radical (unpaired) electrons. The van der Waals surface area contributed by atoms with Gasteiger partial charge in [0.25, 0.3) is 6.10 Å². The highest BCUT2D eigenvalue weighted by Gasteiger charge is 2.60. The molecular formula is C26H31F6N3O6. The zero-order valence-electron chi connectivity index (χ0n) is 22.2. The number of piperidine rings is 1. The summed E-state index contributed by atoms with van der Waals surface area (Å²) in [6.45, 7) is 3.05. The second-order valence-corrected chi connectivity index (χ2v) is 11.3. The van der Waals surface area contributed by atoms with Crippen LogP contribution < -0.4 is 4.90 Å². The highest BCUT2D eigenvalue weighted by molar-refractivity contribution is 5.89. The van der Waals surface area contributed by atoms with Crippen LogP contribution in [0.25, 0.3) is 0 Å². The predicted molar refractivity (Wildman–Crippen MR) is 132 cm³/mol. The van der Waals surface area contributed by atoms with E-state index >= 15 is 0 Å². The van der Waals surface area contributed by atoms with E-state index in [1.165, 1.54) is 12.1 Å². The standard InChI is InChI=1S/C26H31F6N3O6/c1-23(21(38)39)4-8-34(15-23)18-12-16(11-17(13-18)19(36)37)14-35-7-2-3-24(35)5-9-33(10-6-24)22(40)41-20(25(27,28)29)26(30,31)32/h11-13,20H,2-10,14-15H2,1H3,(H,36,37)(H,38,39). The summed E-state index contributed by atoms with van der Waals surface area (Å²) in [6, 6.07) is 4.84.